The molecule has 0 aliphatic rings. The average Bonchev–Trinajstić information content (AvgIpc) is 3.19. The van der Waals surface area contributed by atoms with Crippen molar-refractivity contribution >= 4 is 11.6 Å². The van der Waals surface area contributed by atoms with Gasteiger partial charge >= 0.3 is 0 Å². The minimum Gasteiger partial charge on any atom is -0.492 e. The number of benzene rings is 2. The van der Waals surface area contributed by atoms with Crippen molar-refractivity contribution in [3.63, 3.8) is 0 Å². The highest BCUT2D eigenvalue weighted by Crippen LogP contribution is 2.17. The minimum absolute atomic E-state index is 0.0936. The first-order valence-corrected chi connectivity index (χ1v) is 8.25. The van der Waals surface area contributed by atoms with Crippen LogP contribution in [-0.2, 0) is 4.79 Å². The number of ether oxygens (including phenoxy) is 1. The van der Waals surface area contributed by atoms with Crippen LogP contribution in [-0.4, -0.2) is 45.8 Å². The average molecular weight is 352 g/mol. The highest BCUT2D eigenvalue weighted by Gasteiger charge is 2.05. The maximum absolute atomic E-state index is 11.9. The fourth-order valence-electron chi connectivity index (χ4n) is 2.42. The van der Waals surface area contributed by atoms with Gasteiger partial charge in [0.2, 0.25) is 5.91 Å². The fraction of sp³-hybridized carbons (Fsp3) is 0.222. The van der Waals surface area contributed by atoms with Crippen LogP contribution in [0.2, 0.25) is 0 Å². The summed E-state index contributed by atoms with van der Waals surface area (Å²) in [6, 6.07) is 15.2. The molecule has 26 heavy (non-hydrogen) atoms. The predicted molar refractivity (Wildman–Crippen MR) is 97.3 cm³/mol. The Morgan fingerprint density at radius 3 is 2.77 bits per heavy atom. The van der Waals surface area contributed by atoms with Gasteiger partial charge < -0.3 is 15.4 Å². The van der Waals surface area contributed by atoms with Crippen molar-refractivity contribution in [3.8, 4) is 11.4 Å². The molecule has 0 aliphatic heterocycles. The Bertz CT molecular complexity index is 836. The van der Waals surface area contributed by atoms with Crippen molar-refractivity contribution in [2.75, 3.05) is 25.0 Å². The Balaban J connectivity index is 1.41. The van der Waals surface area contributed by atoms with E-state index in [-0.39, 0.29) is 12.5 Å². The number of anilines is 1. The molecule has 0 radical (unpaired) electrons. The van der Waals surface area contributed by atoms with Crippen molar-refractivity contribution < 1.29 is 9.53 Å². The zero-order chi connectivity index (χ0) is 18.2. The van der Waals surface area contributed by atoms with E-state index in [1.54, 1.807) is 11.0 Å². The number of amides is 1. The molecule has 0 unspecified atom stereocenters. The number of para-hydroxylation sites is 1. The third kappa shape index (κ3) is 4.79. The van der Waals surface area contributed by atoms with E-state index in [0.717, 1.165) is 22.7 Å². The molecule has 134 valence electrons. The van der Waals surface area contributed by atoms with Crippen LogP contribution < -0.4 is 15.4 Å². The van der Waals surface area contributed by atoms with Crippen LogP contribution in [0, 0.1) is 6.92 Å². The molecule has 0 aliphatic carbocycles. The number of aryl methyl sites for hydroxylation is 1. The third-order valence-electron chi connectivity index (χ3n) is 3.68. The normalized spacial score (nSPS) is 10.3. The summed E-state index contributed by atoms with van der Waals surface area (Å²) in [5, 5.41) is 17.1. The van der Waals surface area contributed by atoms with Gasteiger partial charge in [-0.15, -0.1) is 5.10 Å². The Morgan fingerprint density at radius 1 is 1.19 bits per heavy atom. The number of hydrogen-bond acceptors (Lipinski definition) is 6. The molecule has 0 spiro atoms. The van der Waals surface area contributed by atoms with Crippen molar-refractivity contribution in [1.29, 1.82) is 0 Å². The standard InChI is InChI=1S/C18H20N6O2/c1-14-11-15(7-8-17(14)24-13-21-22-23-24)20-12-18(25)19-9-10-26-16-5-3-2-4-6-16/h2-8,11,13,20H,9-10,12H2,1H3,(H,19,25). The monoisotopic (exact) mass is 352 g/mol. The summed E-state index contributed by atoms with van der Waals surface area (Å²) in [4.78, 5) is 11.9. The maximum atomic E-state index is 11.9. The van der Waals surface area contributed by atoms with Crippen LogP contribution in [0.1, 0.15) is 5.56 Å². The lowest BCUT2D eigenvalue weighted by Crippen LogP contribution is -2.33. The summed E-state index contributed by atoms with van der Waals surface area (Å²) in [5.74, 6) is 0.696. The lowest BCUT2D eigenvalue weighted by atomic mass is 10.2. The van der Waals surface area contributed by atoms with E-state index in [0.29, 0.717) is 13.2 Å². The van der Waals surface area contributed by atoms with Gasteiger partial charge in [-0.2, -0.15) is 0 Å². The molecule has 2 aromatic carbocycles. The molecule has 0 atom stereocenters. The number of aromatic nitrogens is 4. The third-order valence-corrected chi connectivity index (χ3v) is 3.68. The van der Waals surface area contributed by atoms with E-state index in [1.165, 1.54) is 0 Å². The predicted octanol–water partition coefficient (Wildman–Crippen LogP) is 1.58. The van der Waals surface area contributed by atoms with Crippen LogP contribution in [0.3, 0.4) is 0 Å². The van der Waals surface area contributed by atoms with E-state index < -0.39 is 0 Å². The lowest BCUT2D eigenvalue weighted by Gasteiger charge is -2.11. The van der Waals surface area contributed by atoms with Gasteiger partial charge in [-0.1, -0.05) is 18.2 Å². The van der Waals surface area contributed by atoms with Gasteiger partial charge in [0.15, 0.2) is 0 Å². The summed E-state index contributed by atoms with van der Waals surface area (Å²) < 4.78 is 7.13. The van der Waals surface area contributed by atoms with Gasteiger partial charge in [0.05, 0.1) is 18.8 Å². The lowest BCUT2D eigenvalue weighted by molar-refractivity contribution is -0.119. The smallest absolute Gasteiger partial charge is 0.239 e. The van der Waals surface area contributed by atoms with Crippen molar-refractivity contribution in [2.45, 2.75) is 6.92 Å². The van der Waals surface area contributed by atoms with Crippen LogP contribution >= 0.6 is 0 Å². The Kier molecular flexibility index (Phi) is 5.76. The summed E-state index contributed by atoms with van der Waals surface area (Å²) >= 11 is 0. The highest BCUT2D eigenvalue weighted by molar-refractivity contribution is 5.80. The van der Waals surface area contributed by atoms with E-state index in [1.807, 2.05) is 55.5 Å². The van der Waals surface area contributed by atoms with E-state index in [2.05, 4.69) is 26.2 Å². The molecule has 8 nitrogen and oxygen atoms in total. The van der Waals surface area contributed by atoms with Gasteiger partial charge in [-0.25, -0.2) is 4.68 Å². The first-order valence-electron chi connectivity index (χ1n) is 8.25. The molecular formula is C18H20N6O2. The van der Waals surface area contributed by atoms with Gasteiger partial charge in [0.25, 0.3) is 0 Å². The molecule has 0 saturated carbocycles. The number of nitrogens with one attached hydrogen (secondary N) is 2. The van der Waals surface area contributed by atoms with Crippen molar-refractivity contribution in [2.24, 2.45) is 0 Å². The SMILES string of the molecule is Cc1cc(NCC(=O)NCCOc2ccccc2)ccc1-n1cnnn1. The second kappa shape index (κ2) is 8.61. The Hall–Kier alpha value is -3.42. The molecule has 1 heterocycles. The van der Waals surface area contributed by atoms with Crippen molar-refractivity contribution in [3.05, 3.63) is 60.4 Å². The van der Waals surface area contributed by atoms with E-state index in [4.69, 9.17) is 4.74 Å². The van der Waals surface area contributed by atoms with Gasteiger partial charge in [0.1, 0.15) is 18.7 Å². The molecule has 0 bridgehead atoms. The molecule has 3 rings (SSSR count). The zero-order valence-electron chi connectivity index (χ0n) is 14.4. The van der Waals surface area contributed by atoms with Gasteiger partial charge in [-0.3, -0.25) is 4.79 Å². The first kappa shape index (κ1) is 17.4. The largest absolute Gasteiger partial charge is 0.492 e. The topological polar surface area (TPSA) is 94.0 Å². The summed E-state index contributed by atoms with van der Waals surface area (Å²) in [6.07, 6.45) is 1.54. The molecule has 1 amide bonds. The number of nitrogens with zero attached hydrogens (tertiary/aromatic N) is 4. The van der Waals surface area contributed by atoms with Crippen LogP contribution in [0.4, 0.5) is 5.69 Å². The molecule has 1 aromatic heterocycles. The fourth-order valence-corrected chi connectivity index (χ4v) is 2.42. The second-order valence-electron chi connectivity index (χ2n) is 5.62. The number of hydrogen-bond donors (Lipinski definition) is 2. The molecule has 0 saturated heterocycles. The first-order chi connectivity index (χ1) is 12.7. The zero-order valence-corrected chi connectivity index (χ0v) is 14.4. The van der Waals surface area contributed by atoms with Crippen LogP contribution in [0.5, 0.6) is 5.75 Å². The van der Waals surface area contributed by atoms with Gasteiger partial charge in [0, 0.05) is 5.69 Å². The molecule has 0 fully saturated rings. The summed E-state index contributed by atoms with van der Waals surface area (Å²) in [7, 11) is 0. The van der Waals surface area contributed by atoms with Crippen LogP contribution in [0.15, 0.2) is 54.9 Å². The molecular weight excluding hydrogens is 332 g/mol. The number of carbonyl (C=O) groups is 1. The number of tetrazole rings is 1. The van der Waals surface area contributed by atoms with E-state index >= 15 is 0 Å². The summed E-state index contributed by atoms with van der Waals surface area (Å²) in [6.45, 7) is 3.03. The van der Waals surface area contributed by atoms with Crippen LogP contribution in [0.25, 0.3) is 5.69 Å². The quantitative estimate of drug-likeness (QED) is 0.598. The number of carbonyl (C=O) groups excluding carboxylic acids is 1. The van der Waals surface area contributed by atoms with Crippen molar-refractivity contribution in [1.82, 2.24) is 25.5 Å². The van der Waals surface area contributed by atoms with Gasteiger partial charge in [-0.05, 0) is 53.2 Å². The Morgan fingerprint density at radius 2 is 2.04 bits per heavy atom. The molecule has 2 N–H and O–H groups in total. The highest BCUT2D eigenvalue weighted by atomic mass is 16.5. The minimum atomic E-state index is -0.0936. The molecule has 8 heteroatoms. The second-order valence-corrected chi connectivity index (χ2v) is 5.62. The molecule has 3 aromatic rings. The summed E-state index contributed by atoms with van der Waals surface area (Å²) in [5.41, 5.74) is 2.75. The van der Waals surface area contributed by atoms with E-state index in [9.17, 15) is 4.79 Å². The Labute approximate surface area is 151 Å². The maximum Gasteiger partial charge on any atom is 0.239 e. The number of rotatable bonds is 8.